The maximum Gasteiger partial charge on any atom is 0.257 e. The summed E-state index contributed by atoms with van der Waals surface area (Å²) in [5.74, 6) is -0.315. The van der Waals surface area contributed by atoms with Crippen LogP contribution >= 0.6 is 22.7 Å². The number of rotatable bonds is 11. The number of sulfonamides is 1. The first-order valence-electron chi connectivity index (χ1n) is 10.4. The maximum absolute atomic E-state index is 13.0. The number of anilines is 1. The summed E-state index contributed by atoms with van der Waals surface area (Å²) >= 11 is 2.95. The maximum atomic E-state index is 13.0. The third kappa shape index (κ3) is 6.00. The van der Waals surface area contributed by atoms with Gasteiger partial charge in [-0.2, -0.15) is 4.31 Å². The summed E-state index contributed by atoms with van der Waals surface area (Å²) in [5, 5.41) is 7.18. The zero-order valence-corrected chi connectivity index (χ0v) is 20.2. The molecule has 0 spiro atoms. The predicted molar refractivity (Wildman–Crippen MR) is 128 cm³/mol. The molecule has 3 aromatic rings. The largest absolute Gasteiger partial charge is 0.298 e. The summed E-state index contributed by atoms with van der Waals surface area (Å²) in [4.78, 5) is 18.3. The van der Waals surface area contributed by atoms with Crippen molar-refractivity contribution in [2.45, 2.75) is 44.4 Å². The van der Waals surface area contributed by atoms with E-state index in [0.29, 0.717) is 23.8 Å². The number of carbonyl (C=O) groups is 1. The summed E-state index contributed by atoms with van der Waals surface area (Å²) in [6, 6.07) is 10.1. The van der Waals surface area contributed by atoms with Crippen LogP contribution in [0.15, 0.2) is 52.1 Å². The molecule has 0 aliphatic rings. The van der Waals surface area contributed by atoms with Crippen molar-refractivity contribution in [2.75, 3.05) is 18.4 Å². The van der Waals surface area contributed by atoms with Crippen LogP contribution in [-0.2, 0) is 10.0 Å². The van der Waals surface area contributed by atoms with E-state index in [1.165, 1.54) is 23.5 Å². The highest BCUT2D eigenvalue weighted by Crippen LogP contribution is 2.28. The average molecular weight is 478 g/mol. The highest BCUT2D eigenvalue weighted by atomic mass is 32.2. The third-order valence-corrected chi connectivity index (χ3v) is 8.34. The number of benzene rings is 1. The topological polar surface area (TPSA) is 79.4 Å². The fourth-order valence-corrected chi connectivity index (χ4v) is 5.97. The van der Waals surface area contributed by atoms with E-state index in [9.17, 15) is 13.2 Å². The summed E-state index contributed by atoms with van der Waals surface area (Å²) in [7, 11) is -3.58. The first-order valence-corrected chi connectivity index (χ1v) is 13.6. The molecule has 0 bridgehead atoms. The van der Waals surface area contributed by atoms with Crippen LogP contribution in [0.3, 0.4) is 0 Å². The van der Waals surface area contributed by atoms with Gasteiger partial charge >= 0.3 is 0 Å². The van der Waals surface area contributed by atoms with E-state index >= 15 is 0 Å². The van der Waals surface area contributed by atoms with E-state index in [4.69, 9.17) is 0 Å². The first-order chi connectivity index (χ1) is 15.0. The predicted octanol–water partition coefficient (Wildman–Crippen LogP) is 5.71. The lowest BCUT2D eigenvalue weighted by molar-refractivity contribution is 0.102. The molecule has 6 nitrogen and oxygen atoms in total. The number of thiazole rings is 1. The van der Waals surface area contributed by atoms with Gasteiger partial charge in [-0.25, -0.2) is 13.4 Å². The number of unbranched alkanes of at least 4 members (excludes halogenated alkanes) is 2. The molecule has 31 heavy (non-hydrogen) atoms. The van der Waals surface area contributed by atoms with Crippen molar-refractivity contribution in [2.24, 2.45) is 0 Å². The van der Waals surface area contributed by atoms with Gasteiger partial charge < -0.3 is 0 Å². The summed E-state index contributed by atoms with van der Waals surface area (Å²) < 4.78 is 27.7. The number of hydrogen-bond acceptors (Lipinski definition) is 6. The molecular weight excluding hydrogens is 450 g/mol. The molecule has 1 N–H and O–H groups in total. The van der Waals surface area contributed by atoms with Crippen LogP contribution in [-0.4, -0.2) is 36.7 Å². The molecule has 3 rings (SSSR count). The SMILES string of the molecule is CCCCN(CCCC)S(=O)(=O)c1ccc(C(=O)Nc2nc(-c3cccs3)cs2)cc1. The van der Waals surface area contributed by atoms with E-state index in [0.717, 1.165) is 36.3 Å². The monoisotopic (exact) mass is 477 g/mol. The minimum atomic E-state index is -3.58. The molecule has 0 fully saturated rings. The smallest absolute Gasteiger partial charge is 0.257 e. The van der Waals surface area contributed by atoms with Crippen molar-refractivity contribution in [3.05, 3.63) is 52.7 Å². The minimum absolute atomic E-state index is 0.213. The van der Waals surface area contributed by atoms with Gasteiger partial charge in [0.15, 0.2) is 5.13 Å². The molecule has 0 aliphatic heterocycles. The number of carbonyl (C=O) groups excluding carboxylic acids is 1. The molecule has 2 heterocycles. The zero-order valence-electron chi connectivity index (χ0n) is 17.7. The van der Waals surface area contributed by atoms with Crippen LogP contribution < -0.4 is 5.32 Å². The van der Waals surface area contributed by atoms with Crippen LogP contribution in [0.2, 0.25) is 0 Å². The molecule has 0 aliphatic carbocycles. The Morgan fingerprint density at radius 1 is 1.03 bits per heavy atom. The number of nitrogens with one attached hydrogen (secondary N) is 1. The zero-order chi connectivity index (χ0) is 22.3. The lowest BCUT2D eigenvalue weighted by atomic mass is 10.2. The Morgan fingerprint density at radius 3 is 2.29 bits per heavy atom. The molecule has 166 valence electrons. The highest BCUT2D eigenvalue weighted by molar-refractivity contribution is 7.89. The van der Waals surface area contributed by atoms with Crippen LogP contribution in [0.25, 0.3) is 10.6 Å². The molecule has 0 unspecified atom stereocenters. The van der Waals surface area contributed by atoms with Crippen molar-refractivity contribution >= 4 is 43.7 Å². The lowest BCUT2D eigenvalue weighted by Gasteiger charge is -2.22. The molecule has 1 aromatic carbocycles. The Bertz CT molecular complexity index is 1070. The van der Waals surface area contributed by atoms with E-state index in [1.807, 2.05) is 36.7 Å². The second kappa shape index (κ2) is 11.0. The van der Waals surface area contributed by atoms with Crippen molar-refractivity contribution in [1.82, 2.24) is 9.29 Å². The summed E-state index contributed by atoms with van der Waals surface area (Å²) in [6.07, 6.45) is 3.51. The molecule has 0 atom stereocenters. The Balaban J connectivity index is 1.70. The van der Waals surface area contributed by atoms with Crippen LogP contribution in [0.1, 0.15) is 49.9 Å². The Hall–Kier alpha value is -2.07. The highest BCUT2D eigenvalue weighted by Gasteiger charge is 2.23. The number of amides is 1. The van der Waals surface area contributed by atoms with Gasteiger partial charge in [-0.1, -0.05) is 32.8 Å². The Morgan fingerprint density at radius 2 is 1.71 bits per heavy atom. The van der Waals surface area contributed by atoms with Gasteiger partial charge in [-0.05, 0) is 48.6 Å². The van der Waals surface area contributed by atoms with Crippen molar-refractivity contribution < 1.29 is 13.2 Å². The molecule has 1 amide bonds. The fraction of sp³-hybridized carbons (Fsp3) is 0.364. The van der Waals surface area contributed by atoms with Gasteiger partial charge in [0, 0.05) is 24.0 Å². The van der Waals surface area contributed by atoms with Crippen molar-refractivity contribution in [3.8, 4) is 10.6 Å². The Kier molecular flexibility index (Phi) is 8.36. The number of aromatic nitrogens is 1. The van der Waals surface area contributed by atoms with E-state index in [2.05, 4.69) is 10.3 Å². The minimum Gasteiger partial charge on any atom is -0.298 e. The normalized spacial score (nSPS) is 11.7. The summed E-state index contributed by atoms with van der Waals surface area (Å²) in [6.45, 7) is 5.11. The first kappa shape index (κ1) is 23.6. The van der Waals surface area contributed by atoms with Crippen molar-refractivity contribution in [1.29, 1.82) is 0 Å². The van der Waals surface area contributed by atoms with Gasteiger partial charge in [-0.15, -0.1) is 22.7 Å². The number of hydrogen-bond donors (Lipinski definition) is 1. The lowest BCUT2D eigenvalue weighted by Crippen LogP contribution is -2.33. The van der Waals surface area contributed by atoms with Gasteiger partial charge in [-0.3, -0.25) is 10.1 Å². The molecule has 2 aromatic heterocycles. The standard InChI is InChI=1S/C22H27N3O3S3/c1-3-5-13-25(14-6-4-2)31(27,28)18-11-9-17(10-12-18)21(26)24-22-23-19(16-30-22)20-8-7-15-29-20/h7-12,15-16H,3-6,13-14H2,1-2H3,(H,23,24,26). The Labute approximate surface area is 192 Å². The number of thiophene rings is 1. The quantitative estimate of drug-likeness (QED) is 0.383. The van der Waals surface area contributed by atoms with Gasteiger partial charge in [0.25, 0.3) is 5.91 Å². The molecule has 0 saturated carbocycles. The fourth-order valence-electron chi connectivity index (χ4n) is 2.99. The third-order valence-electron chi connectivity index (χ3n) is 4.77. The van der Waals surface area contributed by atoms with Gasteiger partial charge in [0.1, 0.15) is 0 Å². The van der Waals surface area contributed by atoms with E-state index in [-0.39, 0.29) is 10.8 Å². The van der Waals surface area contributed by atoms with Crippen LogP contribution in [0.5, 0.6) is 0 Å². The summed E-state index contributed by atoms with van der Waals surface area (Å²) in [5.41, 5.74) is 1.22. The molecule has 0 saturated heterocycles. The average Bonchev–Trinajstić information content (AvgIpc) is 3.46. The van der Waals surface area contributed by atoms with Crippen molar-refractivity contribution in [3.63, 3.8) is 0 Å². The second-order valence-corrected chi connectivity index (χ2v) is 10.8. The van der Waals surface area contributed by atoms with Crippen LogP contribution in [0.4, 0.5) is 5.13 Å². The van der Waals surface area contributed by atoms with Crippen LogP contribution in [0, 0.1) is 0 Å². The van der Waals surface area contributed by atoms with E-state index < -0.39 is 10.0 Å². The molecule has 0 radical (unpaired) electrons. The molecule has 9 heteroatoms. The van der Waals surface area contributed by atoms with Gasteiger partial charge in [0.2, 0.25) is 10.0 Å². The second-order valence-electron chi connectivity index (χ2n) is 7.10. The molecular formula is C22H27N3O3S3. The number of nitrogens with zero attached hydrogens (tertiary/aromatic N) is 2. The van der Waals surface area contributed by atoms with Gasteiger partial charge in [0.05, 0.1) is 15.5 Å². The van der Waals surface area contributed by atoms with E-state index in [1.54, 1.807) is 27.8 Å².